The summed E-state index contributed by atoms with van der Waals surface area (Å²) in [6.07, 6.45) is 5.55. The lowest BCUT2D eigenvalue weighted by Gasteiger charge is -2.26. The Morgan fingerprint density at radius 3 is 2.59 bits per heavy atom. The standard InChI is InChI=1S/C15H24N2/c1-11-3-5-13(6-4-11)10-17-15-8-7-14(16)9-12(15)2/h7-9,11,13,17H,3-6,10,16H2,1-2H3. The molecule has 0 bridgehead atoms. The van der Waals surface area contributed by atoms with Gasteiger partial charge in [-0.2, -0.15) is 0 Å². The van der Waals surface area contributed by atoms with Crippen LogP contribution < -0.4 is 11.1 Å². The fourth-order valence-corrected chi connectivity index (χ4v) is 2.67. The highest BCUT2D eigenvalue weighted by Gasteiger charge is 2.17. The van der Waals surface area contributed by atoms with Crippen molar-refractivity contribution in [1.29, 1.82) is 0 Å². The lowest BCUT2D eigenvalue weighted by molar-refractivity contribution is 0.300. The SMILES string of the molecule is Cc1cc(N)ccc1NCC1CCC(C)CC1. The average Bonchev–Trinajstić information content (AvgIpc) is 2.30. The predicted molar refractivity (Wildman–Crippen MR) is 75.2 cm³/mol. The number of nitrogen functional groups attached to an aromatic ring is 1. The molecule has 0 heterocycles. The van der Waals surface area contributed by atoms with Crippen LogP contribution in [0, 0.1) is 18.8 Å². The van der Waals surface area contributed by atoms with Gasteiger partial charge < -0.3 is 11.1 Å². The van der Waals surface area contributed by atoms with Crippen molar-refractivity contribution >= 4 is 11.4 Å². The number of nitrogens with two attached hydrogens (primary N) is 1. The molecule has 1 aromatic rings. The molecule has 2 rings (SSSR count). The topological polar surface area (TPSA) is 38.0 Å². The van der Waals surface area contributed by atoms with Gasteiger partial charge in [0, 0.05) is 17.9 Å². The summed E-state index contributed by atoms with van der Waals surface area (Å²) in [5, 5.41) is 3.57. The molecule has 0 aliphatic heterocycles. The molecule has 0 amide bonds. The van der Waals surface area contributed by atoms with Gasteiger partial charge in [-0.3, -0.25) is 0 Å². The van der Waals surface area contributed by atoms with E-state index in [1.54, 1.807) is 0 Å². The summed E-state index contributed by atoms with van der Waals surface area (Å²) in [6.45, 7) is 5.59. The van der Waals surface area contributed by atoms with Crippen molar-refractivity contribution in [2.45, 2.75) is 39.5 Å². The molecule has 1 aliphatic rings. The van der Waals surface area contributed by atoms with Gasteiger partial charge in [-0.1, -0.05) is 19.8 Å². The predicted octanol–water partition coefficient (Wildman–Crippen LogP) is 3.82. The zero-order valence-electron chi connectivity index (χ0n) is 11.0. The van der Waals surface area contributed by atoms with Crippen LogP contribution >= 0.6 is 0 Å². The van der Waals surface area contributed by atoms with Crippen LogP contribution in [0.15, 0.2) is 18.2 Å². The Morgan fingerprint density at radius 2 is 1.94 bits per heavy atom. The summed E-state index contributed by atoms with van der Waals surface area (Å²) in [4.78, 5) is 0. The van der Waals surface area contributed by atoms with E-state index in [-0.39, 0.29) is 0 Å². The zero-order valence-corrected chi connectivity index (χ0v) is 11.0. The number of aryl methyl sites for hydroxylation is 1. The Kier molecular flexibility index (Phi) is 3.93. The highest BCUT2D eigenvalue weighted by atomic mass is 14.9. The van der Waals surface area contributed by atoms with Crippen molar-refractivity contribution < 1.29 is 0 Å². The van der Waals surface area contributed by atoms with E-state index in [0.717, 1.165) is 24.1 Å². The van der Waals surface area contributed by atoms with E-state index in [2.05, 4.69) is 25.2 Å². The van der Waals surface area contributed by atoms with Crippen LogP contribution in [-0.2, 0) is 0 Å². The maximum Gasteiger partial charge on any atom is 0.0371 e. The van der Waals surface area contributed by atoms with Gasteiger partial charge >= 0.3 is 0 Å². The first-order valence-electron chi connectivity index (χ1n) is 6.75. The Labute approximate surface area is 105 Å². The zero-order chi connectivity index (χ0) is 12.3. The second-order valence-corrected chi connectivity index (χ2v) is 5.58. The van der Waals surface area contributed by atoms with E-state index < -0.39 is 0 Å². The van der Waals surface area contributed by atoms with E-state index in [1.165, 1.54) is 36.9 Å². The monoisotopic (exact) mass is 232 g/mol. The number of benzene rings is 1. The minimum Gasteiger partial charge on any atom is -0.399 e. The average molecular weight is 232 g/mol. The fraction of sp³-hybridized carbons (Fsp3) is 0.600. The molecule has 1 fully saturated rings. The molecule has 1 aromatic carbocycles. The molecule has 2 nitrogen and oxygen atoms in total. The number of hydrogen-bond acceptors (Lipinski definition) is 2. The molecule has 94 valence electrons. The summed E-state index contributed by atoms with van der Waals surface area (Å²) in [5.74, 6) is 1.78. The number of hydrogen-bond donors (Lipinski definition) is 2. The largest absolute Gasteiger partial charge is 0.399 e. The number of rotatable bonds is 3. The second kappa shape index (κ2) is 5.44. The van der Waals surface area contributed by atoms with Crippen molar-refractivity contribution in [3.05, 3.63) is 23.8 Å². The van der Waals surface area contributed by atoms with E-state index in [1.807, 2.05) is 12.1 Å². The van der Waals surface area contributed by atoms with Crippen molar-refractivity contribution in [2.24, 2.45) is 11.8 Å². The Hall–Kier alpha value is -1.18. The molecular formula is C15H24N2. The van der Waals surface area contributed by atoms with Crippen molar-refractivity contribution in [2.75, 3.05) is 17.6 Å². The van der Waals surface area contributed by atoms with Crippen LogP contribution in [0.1, 0.15) is 38.2 Å². The molecule has 1 saturated carbocycles. The summed E-state index contributed by atoms with van der Waals surface area (Å²) in [5.41, 5.74) is 9.08. The first kappa shape index (κ1) is 12.3. The minimum atomic E-state index is 0.847. The van der Waals surface area contributed by atoms with Crippen LogP contribution in [0.4, 0.5) is 11.4 Å². The Bertz CT molecular complexity index is 365. The van der Waals surface area contributed by atoms with Gasteiger partial charge in [-0.25, -0.2) is 0 Å². The van der Waals surface area contributed by atoms with Crippen LogP contribution in [-0.4, -0.2) is 6.54 Å². The summed E-state index contributed by atoms with van der Waals surface area (Å²) in [7, 11) is 0. The molecule has 3 N–H and O–H groups in total. The lowest BCUT2D eigenvalue weighted by atomic mass is 9.83. The molecule has 1 aliphatic carbocycles. The molecule has 0 aromatic heterocycles. The molecular weight excluding hydrogens is 208 g/mol. The van der Waals surface area contributed by atoms with Crippen molar-refractivity contribution in [1.82, 2.24) is 0 Å². The molecule has 0 saturated heterocycles. The highest BCUT2D eigenvalue weighted by molar-refractivity contribution is 5.57. The maximum atomic E-state index is 5.75. The van der Waals surface area contributed by atoms with Gasteiger partial charge in [0.05, 0.1) is 0 Å². The van der Waals surface area contributed by atoms with Crippen molar-refractivity contribution in [3.63, 3.8) is 0 Å². The van der Waals surface area contributed by atoms with Gasteiger partial charge in [0.15, 0.2) is 0 Å². The van der Waals surface area contributed by atoms with E-state index >= 15 is 0 Å². The van der Waals surface area contributed by atoms with Crippen LogP contribution in [0.2, 0.25) is 0 Å². The van der Waals surface area contributed by atoms with Gasteiger partial charge in [0.25, 0.3) is 0 Å². The third-order valence-electron chi connectivity index (χ3n) is 3.97. The normalized spacial score (nSPS) is 24.6. The molecule has 0 radical (unpaired) electrons. The fourth-order valence-electron chi connectivity index (χ4n) is 2.67. The smallest absolute Gasteiger partial charge is 0.0371 e. The first-order chi connectivity index (χ1) is 8.15. The lowest BCUT2D eigenvalue weighted by Crippen LogP contribution is -2.20. The number of anilines is 2. The Balaban J connectivity index is 1.85. The summed E-state index contributed by atoms with van der Waals surface area (Å²) >= 11 is 0. The molecule has 0 unspecified atom stereocenters. The molecule has 17 heavy (non-hydrogen) atoms. The van der Waals surface area contributed by atoms with Crippen LogP contribution in [0.5, 0.6) is 0 Å². The third-order valence-corrected chi connectivity index (χ3v) is 3.97. The minimum absolute atomic E-state index is 0.847. The van der Waals surface area contributed by atoms with E-state index in [0.29, 0.717) is 0 Å². The van der Waals surface area contributed by atoms with E-state index in [9.17, 15) is 0 Å². The molecule has 0 spiro atoms. The molecule has 2 heteroatoms. The quantitative estimate of drug-likeness (QED) is 0.778. The maximum absolute atomic E-state index is 5.75. The van der Waals surface area contributed by atoms with Crippen LogP contribution in [0.3, 0.4) is 0 Å². The first-order valence-corrected chi connectivity index (χ1v) is 6.75. The van der Waals surface area contributed by atoms with Crippen LogP contribution in [0.25, 0.3) is 0 Å². The van der Waals surface area contributed by atoms with Gasteiger partial charge in [0.1, 0.15) is 0 Å². The second-order valence-electron chi connectivity index (χ2n) is 5.58. The van der Waals surface area contributed by atoms with Crippen molar-refractivity contribution in [3.8, 4) is 0 Å². The Morgan fingerprint density at radius 1 is 1.24 bits per heavy atom. The van der Waals surface area contributed by atoms with E-state index in [4.69, 9.17) is 5.73 Å². The van der Waals surface area contributed by atoms with Gasteiger partial charge in [-0.05, 0) is 55.4 Å². The van der Waals surface area contributed by atoms with Gasteiger partial charge in [0.2, 0.25) is 0 Å². The van der Waals surface area contributed by atoms with Gasteiger partial charge in [-0.15, -0.1) is 0 Å². The number of nitrogens with one attached hydrogen (secondary N) is 1. The summed E-state index contributed by atoms with van der Waals surface area (Å²) < 4.78 is 0. The summed E-state index contributed by atoms with van der Waals surface area (Å²) in [6, 6.07) is 6.10. The molecule has 0 atom stereocenters. The highest BCUT2D eigenvalue weighted by Crippen LogP contribution is 2.28. The third kappa shape index (κ3) is 3.39.